The van der Waals surface area contributed by atoms with E-state index in [4.69, 9.17) is 4.74 Å². The van der Waals surface area contributed by atoms with Gasteiger partial charge >= 0.3 is 5.97 Å². The second kappa shape index (κ2) is 11.0. The molecule has 200 valence electrons. The molecule has 2 aromatic rings. The number of aliphatic hydroxyl groups excluding tert-OH is 1. The normalized spacial score (nSPS) is 21.2. The molecule has 0 spiro atoms. The first-order valence-electron chi connectivity index (χ1n) is 13.5. The Hall–Kier alpha value is -2.60. The summed E-state index contributed by atoms with van der Waals surface area (Å²) in [4.78, 5) is 14.9. The highest BCUT2D eigenvalue weighted by Crippen LogP contribution is 2.48. The lowest BCUT2D eigenvalue weighted by atomic mass is 9.71. The van der Waals surface area contributed by atoms with Crippen molar-refractivity contribution >= 4 is 23.4 Å². The molecule has 3 N–H and O–H groups in total. The summed E-state index contributed by atoms with van der Waals surface area (Å²) in [6, 6.07) is 11.4. The van der Waals surface area contributed by atoms with E-state index >= 15 is 0 Å². The topological polar surface area (TPSA) is 78.8 Å². The zero-order valence-electron chi connectivity index (χ0n) is 22.8. The van der Waals surface area contributed by atoms with Gasteiger partial charge < -0.3 is 20.3 Å². The number of hydrogen-bond acceptors (Lipinski definition) is 6. The van der Waals surface area contributed by atoms with Crippen molar-refractivity contribution in [1.29, 1.82) is 0 Å². The molecule has 0 aromatic heterocycles. The Labute approximate surface area is 225 Å². The van der Waals surface area contributed by atoms with E-state index in [1.807, 2.05) is 26.1 Å². The third-order valence-electron chi connectivity index (χ3n) is 7.95. The van der Waals surface area contributed by atoms with Crippen LogP contribution in [0.5, 0.6) is 5.75 Å². The van der Waals surface area contributed by atoms with E-state index in [0.717, 1.165) is 59.4 Å². The minimum Gasteiger partial charge on any atom is -0.511 e. The van der Waals surface area contributed by atoms with E-state index in [1.54, 1.807) is 12.1 Å². The third kappa shape index (κ3) is 6.11. The van der Waals surface area contributed by atoms with Crippen molar-refractivity contribution in [3.63, 3.8) is 0 Å². The van der Waals surface area contributed by atoms with Gasteiger partial charge in [-0.25, -0.2) is 4.79 Å². The number of carbonyl (C=O) groups is 1. The van der Waals surface area contributed by atoms with Gasteiger partial charge in [-0.05, 0) is 84.9 Å². The number of hydrogen-bond donors (Lipinski definition) is 3. The van der Waals surface area contributed by atoms with Crippen LogP contribution in [0.25, 0.3) is 0 Å². The molecule has 2 aromatic carbocycles. The van der Waals surface area contributed by atoms with Crippen molar-refractivity contribution in [3.8, 4) is 5.75 Å². The molecule has 0 bridgehead atoms. The standard InChI is InChI=1S/C31H41NO4S/c1-20-17-27(24(30(2,3)4)18-25(20)32-5)37-28-26(34)19-31(36-29(28)35,22-9-7-6-8-10-22)16-15-21-11-13-23(33)14-12-21/h11-14,17-18,22,32-34H,6-10,15-16,19H2,1-5H3. The van der Waals surface area contributed by atoms with Crippen molar-refractivity contribution in [2.24, 2.45) is 5.92 Å². The maximum absolute atomic E-state index is 13.6. The van der Waals surface area contributed by atoms with Crippen molar-refractivity contribution in [2.45, 2.75) is 95.0 Å². The van der Waals surface area contributed by atoms with Crippen molar-refractivity contribution in [3.05, 3.63) is 63.8 Å². The summed E-state index contributed by atoms with van der Waals surface area (Å²) < 4.78 is 6.38. The predicted molar refractivity (Wildman–Crippen MR) is 151 cm³/mol. The molecule has 2 aliphatic rings. The average molecular weight is 524 g/mol. The third-order valence-corrected chi connectivity index (χ3v) is 9.11. The van der Waals surface area contributed by atoms with Gasteiger partial charge in [0.05, 0.1) is 0 Å². The van der Waals surface area contributed by atoms with E-state index in [1.165, 1.54) is 18.2 Å². The lowest BCUT2D eigenvalue weighted by Gasteiger charge is -2.44. The van der Waals surface area contributed by atoms with Gasteiger partial charge in [-0.1, -0.05) is 63.9 Å². The molecule has 1 fully saturated rings. The number of esters is 1. The van der Waals surface area contributed by atoms with E-state index in [0.29, 0.717) is 17.7 Å². The average Bonchev–Trinajstić information content (AvgIpc) is 2.86. The Morgan fingerprint density at radius 2 is 1.76 bits per heavy atom. The molecule has 37 heavy (non-hydrogen) atoms. The molecular formula is C31H41NO4S. The van der Waals surface area contributed by atoms with Crippen LogP contribution in [0.3, 0.4) is 0 Å². The van der Waals surface area contributed by atoms with Gasteiger partial charge in [0.25, 0.3) is 0 Å². The molecule has 1 aliphatic heterocycles. The molecule has 6 heteroatoms. The summed E-state index contributed by atoms with van der Waals surface area (Å²) in [5, 5.41) is 24.3. The number of thioether (sulfide) groups is 1. The number of ether oxygens (including phenoxy) is 1. The molecule has 4 rings (SSSR count). The lowest BCUT2D eigenvalue weighted by Crippen LogP contribution is -2.47. The van der Waals surface area contributed by atoms with Gasteiger partial charge in [-0.3, -0.25) is 0 Å². The zero-order valence-corrected chi connectivity index (χ0v) is 23.6. The van der Waals surface area contributed by atoms with E-state index in [9.17, 15) is 15.0 Å². The van der Waals surface area contributed by atoms with Crippen molar-refractivity contribution in [1.82, 2.24) is 0 Å². The second-order valence-corrected chi connectivity index (χ2v) is 12.7. The number of carbonyl (C=O) groups excluding carboxylic acids is 1. The zero-order chi connectivity index (χ0) is 26.8. The highest BCUT2D eigenvalue weighted by molar-refractivity contribution is 8.04. The fourth-order valence-electron chi connectivity index (χ4n) is 5.80. The monoisotopic (exact) mass is 523 g/mol. The summed E-state index contributed by atoms with van der Waals surface area (Å²) in [5.41, 5.74) is 3.52. The van der Waals surface area contributed by atoms with Crippen LogP contribution < -0.4 is 5.32 Å². The quantitative estimate of drug-likeness (QED) is 0.321. The van der Waals surface area contributed by atoms with Crippen molar-refractivity contribution in [2.75, 3.05) is 12.4 Å². The number of aromatic hydroxyl groups is 1. The van der Waals surface area contributed by atoms with Gasteiger partial charge in [0.1, 0.15) is 22.0 Å². The van der Waals surface area contributed by atoms with Gasteiger partial charge in [0.15, 0.2) is 0 Å². The van der Waals surface area contributed by atoms with Crippen LogP contribution in [0.15, 0.2) is 52.0 Å². The van der Waals surface area contributed by atoms with Gasteiger partial charge in [-0.2, -0.15) is 0 Å². The van der Waals surface area contributed by atoms with Gasteiger partial charge in [0, 0.05) is 24.1 Å². The van der Waals surface area contributed by atoms with Gasteiger partial charge in [-0.15, -0.1) is 0 Å². The van der Waals surface area contributed by atoms with Crippen LogP contribution in [0.2, 0.25) is 0 Å². The van der Waals surface area contributed by atoms with Crippen LogP contribution in [0.1, 0.15) is 82.4 Å². The SMILES string of the molecule is CNc1cc(C(C)(C)C)c(SC2=C(O)CC(CCc3ccc(O)cc3)(C3CCCCC3)OC2=O)cc1C. The van der Waals surface area contributed by atoms with Crippen LogP contribution in [-0.4, -0.2) is 28.8 Å². The molecule has 1 atom stereocenters. The highest BCUT2D eigenvalue weighted by Gasteiger charge is 2.47. The molecule has 1 heterocycles. The fourth-order valence-corrected chi connectivity index (χ4v) is 7.04. The maximum atomic E-state index is 13.6. The number of benzene rings is 2. The number of rotatable bonds is 7. The lowest BCUT2D eigenvalue weighted by molar-refractivity contribution is -0.168. The molecule has 1 aliphatic carbocycles. The largest absolute Gasteiger partial charge is 0.511 e. The van der Waals surface area contributed by atoms with Crippen LogP contribution >= 0.6 is 11.8 Å². The predicted octanol–water partition coefficient (Wildman–Crippen LogP) is 7.80. The summed E-state index contributed by atoms with van der Waals surface area (Å²) in [5.74, 6) is 0.205. The molecule has 5 nitrogen and oxygen atoms in total. The minimum absolute atomic E-state index is 0.133. The maximum Gasteiger partial charge on any atom is 0.349 e. The first kappa shape index (κ1) is 27.4. The fraction of sp³-hybridized carbons (Fsp3) is 0.516. The summed E-state index contributed by atoms with van der Waals surface area (Å²) in [6.45, 7) is 8.53. The van der Waals surface area contributed by atoms with E-state index in [2.05, 4.69) is 38.2 Å². The van der Waals surface area contributed by atoms with Gasteiger partial charge in [0.2, 0.25) is 0 Å². The number of aliphatic hydroxyl groups is 1. The molecule has 0 amide bonds. The summed E-state index contributed by atoms with van der Waals surface area (Å²) >= 11 is 1.33. The Balaban J connectivity index is 1.65. The number of phenols is 1. The number of anilines is 1. The Kier molecular flexibility index (Phi) is 8.17. The van der Waals surface area contributed by atoms with Crippen molar-refractivity contribution < 1.29 is 19.7 Å². The first-order valence-corrected chi connectivity index (χ1v) is 14.3. The van der Waals surface area contributed by atoms with Crippen LogP contribution in [0.4, 0.5) is 5.69 Å². The van der Waals surface area contributed by atoms with E-state index < -0.39 is 11.6 Å². The number of phenolic OH excluding ortho intramolecular Hbond substituents is 1. The number of aryl methyl sites for hydroxylation is 2. The summed E-state index contributed by atoms with van der Waals surface area (Å²) in [7, 11) is 1.91. The number of cyclic esters (lactones) is 1. The van der Waals surface area contributed by atoms with Crippen LogP contribution in [0, 0.1) is 12.8 Å². The molecule has 1 saturated carbocycles. The number of nitrogens with one attached hydrogen (secondary N) is 1. The summed E-state index contributed by atoms with van der Waals surface area (Å²) in [6.07, 6.45) is 7.21. The highest BCUT2D eigenvalue weighted by atomic mass is 32.2. The smallest absolute Gasteiger partial charge is 0.349 e. The second-order valence-electron chi connectivity index (χ2n) is 11.7. The Morgan fingerprint density at radius 1 is 1.08 bits per heavy atom. The molecule has 0 radical (unpaired) electrons. The molecule has 0 saturated heterocycles. The van der Waals surface area contributed by atoms with Crippen LogP contribution in [-0.2, 0) is 21.4 Å². The first-order chi connectivity index (χ1) is 17.5. The molecule has 1 unspecified atom stereocenters. The Bertz CT molecular complexity index is 1160. The Morgan fingerprint density at radius 3 is 2.35 bits per heavy atom. The minimum atomic E-state index is -0.706. The van der Waals surface area contributed by atoms with E-state index in [-0.39, 0.29) is 22.8 Å². The molecular weight excluding hydrogens is 482 g/mol.